The molecule has 0 spiro atoms. The molecule has 0 saturated heterocycles. The molecule has 0 N–H and O–H groups in total. The number of para-hydroxylation sites is 2. The number of aromatic nitrogens is 3. The fourth-order valence-electron chi connectivity index (χ4n) is 4.01. The van der Waals surface area contributed by atoms with Gasteiger partial charge in [-0.15, -0.1) is 4.68 Å². The molecule has 3 rings (SSSR count). The molecule has 1 aromatic heterocycles. The van der Waals surface area contributed by atoms with Crippen molar-refractivity contribution in [2.24, 2.45) is 0 Å². The lowest BCUT2D eigenvalue weighted by Gasteiger charge is -2.22. The molecule has 0 bridgehead atoms. The molecule has 0 aliphatic heterocycles. The predicted octanol–water partition coefficient (Wildman–Crippen LogP) is 6.44. The first kappa shape index (κ1) is 21.3. The lowest BCUT2D eigenvalue weighted by Crippen LogP contribution is -2.37. The molecule has 0 radical (unpaired) electrons. The Kier molecular flexibility index (Phi) is 6.26. The number of benzene rings is 2. The average Bonchev–Trinajstić information content (AvgIpc) is 3.15. The van der Waals surface area contributed by atoms with Crippen LogP contribution in [0, 0.1) is 6.20 Å². The summed E-state index contributed by atoms with van der Waals surface area (Å²) in [5.74, 6) is 1.69. The predicted molar refractivity (Wildman–Crippen MR) is 120 cm³/mol. The van der Waals surface area contributed by atoms with Crippen LogP contribution in [-0.4, -0.2) is 9.90 Å². The quantitative estimate of drug-likeness (QED) is 0.351. The lowest BCUT2D eigenvalue weighted by atomic mass is 9.93. The van der Waals surface area contributed by atoms with Gasteiger partial charge in [-0.1, -0.05) is 103 Å². The Morgan fingerprint density at radius 1 is 0.690 bits per heavy atom. The van der Waals surface area contributed by atoms with Gasteiger partial charge in [0.05, 0.1) is 11.4 Å². The second kappa shape index (κ2) is 8.52. The molecule has 3 aromatic rings. The van der Waals surface area contributed by atoms with Gasteiger partial charge in [0.1, 0.15) is 0 Å². The molecule has 0 unspecified atom stereocenters. The van der Waals surface area contributed by atoms with E-state index in [1.54, 1.807) is 0 Å². The van der Waals surface area contributed by atoms with Crippen LogP contribution in [0.4, 0.5) is 0 Å². The van der Waals surface area contributed by atoms with Crippen molar-refractivity contribution in [3.8, 4) is 11.4 Å². The molecule has 154 valence electrons. The SMILES string of the molecule is CC(C)c1cccc(C(C)C)c1-n1c[c-][n+](-c2c(C(C)C)cccc2C(C)C)n1. The number of hydrogen-bond donors (Lipinski definition) is 0. The van der Waals surface area contributed by atoms with Crippen LogP contribution in [0.15, 0.2) is 42.6 Å². The zero-order chi connectivity index (χ0) is 21.3. The van der Waals surface area contributed by atoms with Crippen LogP contribution in [-0.2, 0) is 0 Å². The number of hydrogen-bond acceptors (Lipinski definition) is 1. The summed E-state index contributed by atoms with van der Waals surface area (Å²) < 4.78 is 3.97. The van der Waals surface area contributed by atoms with Crippen LogP contribution in [0.3, 0.4) is 0 Å². The fourth-order valence-corrected chi connectivity index (χ4v) is 4.01. The highest BCUT2D eigenvalue weighted by atomic mass is 15.5. The van der Waals surface area contributed by atoms with Crippen LogP contribution < -0.4 is 4.68 Å². The van der Waals surface area contributed by atoms with Gasteiger partial charge in [0.25, 0.3) is 0 Å². The van der Waals surface area contributed by atoms with Crippen molar-refractivity contribution in [2.75, 3.05) is 0 Å². The van der Waals surface area contributed by atoms with Gasteiger partial charge >= 0.3 is 0 Å². The van der Waals surface area contributed by atoms with Crippen LogP contribution in [0.1, 0.15) is 101 Å². The van der Waals surface area contributed by atoms with Gasteiger partial charge < -0.3 is 0 Å². The van der Waals surface area contributed by atoms with Crippen molar-refractivity contribution < 1.29 is 4.68 Å². The first-order valence-corrected chi connectivity index (χ1v) is 10.9. The Balaban J connectivity index is 2.23. The summed E-state index contributed by atoms with van der Waals surface area (Å²) >= 11 is 0. The Hall–Kier alpha value is -2.42. The van der Waals surface area contributed by atoms with E-state index in [4.69, 9.17) is 5.21 Å². The molecule has 0 atom stereocenters. The monoisotopic (exact) mass is 389 g/mol. The summed E-state index contributed by atoms with van der Waals surface area (Å²) in [6.45, 7) is 17.9. The van der Waals surface area contributed by atoms with Crippen molar-refractivity contribution in [1.82, 2.24) is 9.90 Å². The average molecular weight is 390 g/mol. The summed E-state index contributed by atoms with van der Waals surface area (Å²) in [7, 11) is 0. The molecule has 0 amide bonds. The standard InChI is InChI=1S/C26H35N3/c1-17(2)21-11-9-12-22(18(3)4)25(21)28-15-16-29(27-28)26-23(19(5)6)13-10-14-24(26)20(7)8/h9-15,17-20H,1-8H3. The molecular formula is C26H35N3. The topological polar surface area (TPSA) is 21.7 Å². The van der Waals surface area contributed by atoms with E-state index >= 15 is 0 Å². The van der Waals surface area contributed by atoms with Gasteiger partial charge in [0, 0.05) is 23.0 Å². The summed E-state index contributed by atoms with van der Waals surface area (Å²) in [6.07, 6.45) is 5.39. The van der Waals surface area contributed by atoms with Crippen LogP contribution in [0.5, 0.6) is 0 Å². The first-order chi connectivity index (χ1) is 13.7. The Labute approximate surface area is 176 Å². The highest BCUT2D eigenvalue weighted by Gasteiger charge is 2.21. The maximum atomic E-state index is 5.00. The minimum atomic E-state index is 0.420. The molecule has 3 heteroatoms. The van der Waals surface area contributed by atoms with E-state index in [-0.39, 0.29) is 0 Å². The minimum absolute atomic E-state index is 0.420. The van der Waals surface area contributed by atoms with Gasteiger partial charge in [-0.3, -0.25) is 4.68 Å². The molecule has 2 aromatic carbocycles. The Morgan fingerprint density at radius 3 is 1.52 bits per heavy atom. The summed E-state index contributed by atoms with van der Waals surface area (Å²) in [4.78, 5) is 0. The molecule has 1 heterocycles. The van der Waals surface area contributed by atoms with Gasteiger partial charge in [0.15, 0.2) is 5.69 Å². The van der Waals surface area contributed by atoms with E-state index in [2.05, 4.69) is 98.0 Å². The van der Waals surface area contributed by atoms with E-state index in [0.717, 1.165) is 0 Å². The summed E-state index contributed by atoms with van der Waals surface area (Å²) in [6, 6.07) is 13.2. The molecule has 0 aliphatic rings. The van der Waals surface area contributed by atoms with E-state index in [1.165, 1.54) is 33.6 Å². The lowest BCUT2D eigenvalue weighted by molar-refractivity contribution is -0.665. The van der Waals surface area contributed by atoms with E-state index in [9.17, 15) is 0 Å². The number of nitrogens with zero attached hydrogens (tertiary/aromatic N) is 3. The van der Waals surface area contributed by atoms with Crippen LogP contribution >= 0.6 is 0 Å². The van der Waals surface area contributed by atoms with Crippen molar-refractivity contribution in [3.63, 3.8) is 0 Å². The fraction of sp³-hybridized carbons (Fsp3) is 0.462. The second-order valence-electron chi connectivity index (χ2n) is 9.19. The molecule has 29 heavy (non-hydrogen) atoms. The molecule has 0 fully saturated rings. The normalized spacial score (nSPS) is 12.0. The first-order valence-electron chi connectivity index (χ1n) is 10.9. The third-order valence-corrected chi connectivity index (χ3v) is 5.61. The summed E-state index contributed by atoms with van der Waals surface area (Å²) in [5, 5.41) is 5.00. The molecule has 0 aliphatic carbocycles. The Bertz CT molecular complexity index is 847. The highest BCUT2D eigenvalue weighted by Crippen LogP contribution is 2.31. The zero-order valence-corrected chi connectivity index (χ0v) is 19.2. The van der Waals surface area contributed by atoms with Gasteiger partial charge in [-0.2, -0.15) is 0 Å². The third-order valence-electron chi connectivity index (χ3n) is 5.61. The van der Waals surface area contributed by atoms with Gasteiger partial charge in [-0.05, 0) is 23.7 Å². The third kappa shape index (κ3) is 4.14. The maximum absolute atomic E-state index is 5.00. The minimum Gasteiger partial charge on any atom is -0.263 e. The molecule has 3 nitrogen and oxygen atoms in total. The number of rotatable bonds is 6. The smallest absolute Gasteiger partial charge is 0.160 e. The largest absolute Gasteiger partial charge is 0.263 e. The van der Waals surface area contributed by atoms with E-state index < -0.39 is 0 Å². The van der Waals surface area contributed by atoms with Gasteiger partial charge in [0.2, 0.25) is 0 Å². The molecule has 0 saturated carbocycles. The Morgan fingerprint density at radius 2 is 1.10 bits per heavy atom. The van der Waals surface area contributed by atoms with Crippen LogP contribution in [0.2, 0.25) is 0 Å². The second-order valence-corrected chi connectivity index (χ2v) is 9.19. The van der Waals surface area contributed by atoms with Crippen molar-refractivity contribution >= 4 is 0 Å². The molecular weight excluding hydrogens is 354 g/mol. The van der Waals surface area contributed by atoms with Crippen molar-refractivity contribution in [3.05, 3.63) is 71.0 Å². The maximum Gasteiger partial charge on any atom is 0.160 e. The van der Waals surface area contributed by atoms with Crippen LogP contribution in [0.25, 0.3) is 11.4 Å². The zero-order valence-electron chi connectivity index (χ0n) is 19.2. The van der Waals surface area contributed by atoms with E-state index in [0.29, 0.717) is 23.7 Å². The van der Waals surface area contributed by atoms with Gasteiger partial charge in [-0.25, -0.2) is 0 Å². The highest BCUT2D eigenvalue weighted by molar-refractivity contribution is 5.50. The van der Waals surface area contributed by atoms with E-state index in [1.807, 2.05) is 15.6 Å². The van der Waals surface area contributed by atoms with Crippen molar-refractivity contribution in [1.29, 1.82) is 0 Å². The van der Waals surface area contributed by atoms with Crippen molar-refractivity contribution in [2.45, 2.75) is 79.1 Å². The summed E-state index contributed by atoms with van der Waals surface area (Å²) in [5.41, 5.74) is 7.63.